The van der Waals surface area contributed by atoms with Crippen molar-refractivity contribution in [1.82, 2.24) is 15.0 Å². The number of alkyl halides is 2. The molecule has 7 nitrogen and oxygen atoms in total. The summed E-state index contributed by atoms with van der Waals surface area (Å²) in [5.74, 6) is -1.85. The number of aromatic nitrogens is 3. The Morgan fingerprint density at radius 1 is 1.02 bits per heavy atom. The molecule has 1 atom stereocenters. The van der Waals surface area contributed by atoms with Crippen molar-refractivity contribution in [3.05, 3.63) is 89.0 Å². The molecule has 2 heterocycles. The molecule has 12 heteroatoms. The third kappa shape index (κ3) is 6.08. The lowest BCUT2D eigenvalue weighted by molar-refractivity contribution is -0.0374. The molecule has 1 aliphatic carbocycles. The molecule has 2 aromatic heterocycles. The second-order valence-corrected chi connectivity index (χ2v) is 13.3. The number of fused-ring (bicyclic) bond motifs is 1. The van der Waals surface area contributed by atoms with E-state index in [9.17, 15) is 17.2 Å². The maximum atomic E-state index is 13.9. The summed E-state index contributed by atoms with van der Waals surface area (Å²) >= 11 is 7.51. The van der Waals surface area contributed by atoms with E-state index in [1.807, 2.05) is 12.1 Å². The summed E-state index contributed by atoms with van der Waals surface area (Å²) in [6.07, 6.45) is 2.29. The lowest BCUT2D eigenvalue weighted by Crippen LogP contribution is -2.34. The average molecular weight is 627 g/mol. The summed E-state index contributed by atoms with van der Waals surface area (Å²) in [5.41, 5.74) is 2.78. The summed E-state index contributed by atoms with van der Waals surface area (Å²) in [7, 11) is -3.71. The Kier molecular flexibility index (Phi) is 7.82. The number of halogens is 3. The van der Waals surface area contributed by atoms with Crippen LogP contribution in [-0.4, -0.2) is 35.3 Å². The third-order valence-electron chi connectivity index (χ3n) is 7.09. The second-order valence-electron chi connectivity index (χ2n) is 10.1. The van der Waals surface area contributed by atoms with E-state index in [0.29, 0.717) is 46.0 Å². The Morgan fingerprint density at radius 3 is 2.67 bits per heavy atom. The fourth-order valence-corrected chi connectivity index (χ4v) is 7.80. The van der Waals surface area contributed by atoms with Crippen LogP contribution in [0.5, 0.6) is 11.6 Å². The highest BCUT2D eigenvalue weighted by Gasteiger charge is 2.36. The highest BCUT2D eigenvalue weighted by Crippen LogP contribution is 2.39. The van der Waals surface area contributed by atoms with Crippen LogP contribution in [0.4, 0.5) is 14.7 Å². The number of nitrogens with one attached hydrogen (secondary N) is 1. The molecular weight excluding hydrogens is 602 g/mol. The largest absolute Gasteiger partial charge is 0.437 e. The zero-order valence-electron chi connectivity index (χ0n) is 22.1. The van der Waals surface area contributed by atoms with Gasteiger partial charge in [-0.15, -0.1) is 11.3 Å². The Balaban J connectivity index is 1.27. The van der Waals surface area contributed by atoms with Crippen LogP contribution in [0.25, 0.3) is 21.3 Å². The van der Waals surface area contributed by atoms with Gasteiger partial charge in [-0.2, -0.15) is 0 Å². The number of nitrogens with zero attached hydrogens (tertiary/aromatic N) is 3. The Bertz CT molecular complexity index is 1870. The van der Waals surface area contributed by atoms with Gasteiger partial charge in [0.25, 0.3) is 0 Å². The van der Waals surface area contributed by atoms with Crippen LogP contribution in [0, 0.1) is 0 Å². The van der Waals surface area contributed by atoms with Gasteiger partial charge in [0.1, 0.15) is 10.6 Å². The lowest BCUT2D eigenvalue weighted by atomic mass is 9.92. The molecule has 0 radical (unpaired) electrons. The molecular formula is C30H25ClF2N4O3S2. The Labute approximate surface area is 250 Å². The Hall–Kier alpha value is -3.67. The number of hydrogen-bond acceptors (Lipinski definition) is 8. The summed E-state index contributed by atoms with van der Waals surface area (Å²) in [5, 5.41) is 4.67. The molecule has 1 saturated carbocycles. The first-order valence-electron chi connectivity index (χ1n) is 13.3. The summed E-state index contributed by atoms with van der Waals surface area (Å²) in [4.78, 5) is 13.9. The molecule has 216 valence electrons. The lowest BCUT2D eigenvalue weighted by Gasteiger charge is -2.29. The maximum Gasteiger partial charge on any atom is 0.250 e. The van der Waals surface area contributed by atoms with Gasteiger partial charge >= 0.3 is 0 Å². The van der Waals surface area contributed by atoms with Crippen molar-refractivity contribution in [2.24, 2.45) is 0 Å². The number of benzene rings is 3. The monoisotopic (exact) mass is 626 g/mol. The van der Waals surface area contributed by atoms with Gasteiger partial charge in [-0.1, -0.05) is 54.1 Å². The van der Waals surface area contributed by atoms with Crippen molar-refractivity contribution in [3.63, 3.8) is 0 Å². The number of ether oxygens (including phenoxy) is 1. The van der Waals surface area contributed by atoms with E-state index in [-0.39, 0.29) is 34.5 Å². The molecule has 0 bridgehead atoms. The number of thiazole rings is 1. The Morgan fingerprint density at radius 2 is 1.83 bits per heavy atom. The van der Waals surface area contributed by atoms with Gasteiger partial charge in [0.15, 0.2) is 9.84 Å². The molecule has 1 aliphatic rings. The SMILES string of the molecule is O=S(=O)(Cc1cccc2c(Oc3ncsc3-c3ccnc(N[C@@H]4CCCC(F)(F)C4)n3)cccc12)c1ccccc1Cl. The van der Waals surface area contributed by atoms with Gasteiger partial charge in [0.05, 0.1) is 26.9 Å². The van der Waals surface area contributed by atoms with E-state index in [2.05, 4.69) is 20.3 Å². The molecule has 6 rings (SSSR count). The first kappa shape index (κ1) is 28.4. The van der Waals surface area contributed by atoms with Crippen molar-refractivity contribution >= 4 is 49.5 Å². The number of hydrogen-bond donors (Lipinski definition) is 1. The van der Waals surface area contributed by atoms with E-state index in [1.165, 1.54) is 17.4 Å². The normalized spacial score (nSPS) is 16.8. The maximum absolute atomic E-state index is 13.9. The number of sulfone groups is 1. The van der Waals surface area contributed by atoms with Gasteiger partial charge in [0.2, 0.25) is 17.8 Å². The van der Waals surface area contributed by atoms with Crippen LogP contribution in [0.1, 0.15) is 31.2 Å². The van der Waals surface area contributed by atoms with Gasteiger partial charge in [-0.3, -0.25) is 0 Å². The van der Waals surface area contributed by atoms with E-state index in [4.69, 9.17) is 16.3 Å². The minimum Gasteiger partial charge on any atom is -0.437 e. The van der Waals surface area contributed by atoms with Crippen molar-refractivity contribution in [2.75, 3.05) is 5.32 Å². The third-order valence-corrected chi connectivity index (χ3v) is 10.1. The molecule has 5 aromatic rings. The van der Waals surface area contributed by atoms with E-state index < -0.39 is 21.8 Å². The molecule has 0 unspecified atom stereocenters. The van der Waals surface area contributed by atoms with Crippen LogP contribution in [0.15, 0.2) is 83.3 Å². The molecule has 0 aliphatic heterocycles. The minimum atomic E-state index is -3.71. The predicted molar refractivity (Wildman–Crippen MR) is 160 cm³/mol. The minimum absolute atomic E-state index is 0.0825. The highest BCUT2D eigenvalue weighted by atomic mass is 35.5. The van der Waals surface area contributed by atoms with Crippen molar-refractivity contribution < 1.29 is 21.9 Å². The molecule has 3 aromatic carbocycles. The molecule has 0 saturated heterocycles. The van der Waals surface area contributed by atoms with E-state index in [1.54, 1.807) is 60.2 Å². The first-order valence-corrected chi connectivity index (χ1v) is 16.2. The summed E-state index contributed by atoms with van der Waals surface area (Å²) in [6, 6.07) is 18.5. The summed E-state index contributed by atoms with van der Waals surface area (Å²) < 4.78 is 60.5. The number of rotatable bonds is 8. The highest BCUT2D eigenvalue weighted by molar-refractivity contribution is 7.90. The van der Waals surface area contributed by atoms with Crippen LogP contribution in [0.3, 0.4) is 0 Å². The van der Waals surface area contributed by atoms with Gasteiger partial charge in [-0.25, -0.2) is 32.2 Å². The molecule has 42 heavy (non-hydrogen) atoms. The second kappa shape index (κ2) is 11.5. The number of anilines is 1. The van der Waals surface area contributed by atoms with E-state index >= 15 is 0 Å². The fourth-order valence-electron chi connectivity index (χ4n) is 5.16. The molecule has 0 spiro atoms. The summed E-state index contributed by atoms with van der Waals surface area (Å²) in [6.45, 7) is 0. The first-order chi connectivity index (χ1) is 20.2. The quantitative estimate of drug-likeness (QED) is 0.186. The standard InChI is InChI=1S/C30H25ClF2N4O3S2/c31-23-10-1-2-12-26(23)42(38,39)17-19-6-3-9-22-21(19)8-4-11-25(22)40-28-27(41-18-35-28)24-13-15-34-29(37-24)36-20-7-5-14-30(32,33)16-20/h1-4,6,8-13,15,18,20H,5,7,14,16-17H2,(H,34,36,37)/t20-/m1/s1. The van der Waals surface area contributed by atoms with Crippen LogP contribution in [0.2, 0.25) is 5.02 Å². The van der Waals surface area contributed by atoms with Gasteiger partial charge in [0, 0.05) is 30.5 Å². The fraction of sp³-hybridized carbons (Fsp3) is 0.233. The molecule has 1 N–H and O–H groups in total. The van der Waals surface area contributed by atoms with Crippen molar-refractivity contribution in [3.8, 4) is 22.2 Å². The molecule has 0 amide bonds. The van der Waals surface area contributed by atoms with Gasteiger partial charge in [-0.05, 0) is 48.1 Å². The van der Waals surface area contributed by atoms with E-state index in [0.717, 1.165) is 5.39 Å². The van der Waals surface area contributed by atoms with Crippen molar-refractivity contribution in [1.29, 1.82) is 0 Å². The zero-order valence-corrected chi connectivity index (χ0v) is 24.5. The smallest absolute Gasteiger partial charge is 0.250 e. The van der Waals surface area contributed by atoms with Crippen LogP contribution >= 0.6 is 22.9 Å². The van der Waals surface area contributed by atoms with Crippen LogP contribution < -0.4 is 10.1 Å². The zero-order chi connectivity index (χ0) is 29.3. The topological polar surface area (TPSA) is 94.1 Å². The van der Waals surface area contributed by atoms with Crippen LogP contribution in [-0.2, 0) is 15.6 Å². The van der Waals surface area contributed by atoms with Crippen molar-refractivity contribution in [2.45, 2.75) is 48.3 Å². The van der Waals surface area contributed by atoms with Gasteiger partial charge < -0.3 is 10.1 Å². The average Bonchev–Trinajstić information content (AvgIpc) is 3.41. The molecule has 1 fully saturated rings. The predicted octanol–water partition coefficient (Wildman–Crippen LogP) is 8.16.